The number of aromatic nitrogens is 2. The molecule has 2 aromatic rings. The van der Waals surface area contributed by atoms with Crippen LogP contribution < -0.4 is 5.32 Å². The van der Waals surface area contributed by atoms with Crippen molar-refractivity contribution in [1.29, 1.82) is 0 Å². The van der Waals surface area contributed by atoms with E-state index >= 15 is 0 Å². The molecule has 0 spiro atoms. The van der Waals surface area contributed by atoms with Crippen molar-refractivity contribution in [3.8, 4) is 0 Å². The SMILES string of the molecule is COCc1cc(C)n2ccc(C(=O)NC3CCC(OCC(C)C)CC3)c2n1. The molecular weight excluding hydrogens is 342 g/mol. The maximum absolute atomic E-state index is 12.8. The van der Waals surface area contributed by atoms with E-state index < -0.39 is 0 Å². The van der Waals surface area contributed by atoms with E-state index in [9.17, 15) is 4.79 Å². The molecule has 1 N–H and O–H groups in total. The van der Waals surface area contributed by atoms with Crippen molar-refractivity contribution in [2.75, 3.05) is 13.7 Å². The number of hydrogen-bond donors (Lipinski definition) is 1. The largest absolute Gasteiger partial charge is 0.378 e. The summed E-state index contributed by atoms with van der Waals surface area (Å²) in [6, 6.07) is 4.03. The van der Waals surface area contributed by atoms with E-state index in [1.807, 2.05) is 29.7 Å². The topological polar surface area (TPSA) is 64.9 Å². The van der Waals surface area contributed by atoms with Crippen LogP contribution in [0.2, 0.25) is 0 Å². The minimum absolute atomic E-state index is 0.0504. The summed E-state index contributed by atoms with van der Waals surface area (Å²) in [6.45, 7) is 7.59. The van der Waals surface area contributed by atoms with Crippen LogP contribution in [0, 0.1) is 12.8 Å². The highest BCUT2D eigenvalue weighted by molar-refractivity contribution is 6.00. The Morgan fingerprint density at radius 2 is 2.07 bits per heavy atom. The van der Waals surface area contributed by atoms with Crippen molar-refractivity contribution < 1.29 is 14.3 Å². The Bertz CT molecular complexity index is 776. The number of rotatable bonds is 7. The third-order valence-corrected chi connectivity index (χ3v) is 5.08. The fraction of sp³-hybridized carbons (Fsp3) is 0.619. The van der Waals surface area contributed by atoms with Crippen LogP contribution in [0.25, 0.3) is 5.65 Å². The second-order valence-electron chi connectivity index (χ2n) is 7.92. The molecule has 148 valence electrons. The molecule has 0 unspecified atom stereocenters. The van der Waals surface area contributed by atoms with Gasteiger partial charge in [0.15, 0.2) is 0 Å². The van der Waals surface area contributed by atoms with Gasteiger partial charge in [0.05, 0.1) is 24.0 Å². The van der Waals surface area contributed by atoms with Crippen LogP contribution in [0.4, 0.5) is 0 Å². The molecule has 0 bridgehead atoms. The van der Waals surface area contributed by atoms with Gasteiger partial charge in [-0.05, 0) is 50.7 Å². The van der Waals surface area contributed by atoms with Gasteiger partial charge in [-0.25, -0.2) is 4.98 Å². The van der Waals surface area contributed by atoms with Crippen LogP contribution in [0.5, 0.6) is 0 Å². The number of methoxy groups -OCH3 is 1. The Balaban J connectivity index is 1.63. The molecule has 0 aliphatic heterocycles. The summed E-state index contributed by atoms with van der Waals surface area (Å²) in [7, 11) is 1.65. The van der Waals surface area contributed by atoms with E-state index in [0.29, 0.717) is 29.8 Å². The van der Waals surface area contributed by atoms with E-state index in [4.69, 9.17) is 9.47 Å². The van der Waals surface area contributed by atoms with Crippen molar-refractivity contribution in [2.45, 2.75) is 65.2 Å². The maximum Gasteiger partial charge on any atom is 0.255 e. The molecule has 3 rings (SSSR count). The average molecular weight is 373 g/mol. The van der Waals surface area contributed by atoms with Crippen molar-refractivity contribution in [3.63, 3.8) is 0 Å². The number of aryl methyl sites for hydroxylation is 1. The number of nitrogens with one attached hydrogen (secondary N) is 1. The second-order valence-corrected chi connectivity index (χ2v) is 7.92. The van der Waals surface area contributed by atoms with Crippen LogP contribution in [-0.2, 0) is 16.1 Å². The minimum Gasteiger partial charge on any atom is -0.378 e. The molecule has 27 heavy (non-hydrogen) atoms. The van der Waals surface area contributed by atoms with Crippen LogP contribution in [0.3, 0.4) is 0 Å². The highest BCUT2D eigenvalue weighted by Gasteiger charge is 2.24. The summed E-state index contributed by atoms with van der Waals surface area (Å²) in [6.07, 6.45) is 6.16. The fourth-order valence-corrected chi connectivity index (χ4v) is 3.67. The van der Waals surface area contributed by atoms with Gasteiger partial charge in [-0.2, -0.15) is 0 Å². The molecule has 1 fully saturated rings. The predicted molar refractivity (Wildman–Crippen MR) is 105 cm³/mol. The first kappa shape index (κ1) is 19.8. The number of ether oxygens (including phenoxy) is 2. The lowest BCUT2D eigenvalue weighted by molar-refractivity contribution is 0.00860. The van der Waals surface area contributed by atoms with E-state index in [2.05, 4.69) is 24.1 Å². The zero-order valence-electron chi connectivity index (χ0n) is 16.8. The lowest BCUT2D eigenvalue weighted by atomic mass is 9.92. The van der Waals surface area contributed by atoms with Gasteiger partial charge < -0.3 is 19.2 Å². The smallest absolute Gasteiger partial charge is 0.255 e. The van der Waals surface area contributed by atoms with Gasteiger partial charge >= 0.3 is 0 Å². The van der Waals surface area contributed by atoms with Gasteiger partial charge in [0.25, 0.3) is 5.91 Å². The summed E-state index contributed by atoms with van der Waals surface area (Å²) in [4.78, 5) is 17.4. The standard InChI is InChI=1S/C21H31N3O3/c1-14(2)12-27-18-7-5-16(6-8-18)23-21(25)19-9-10-24-15(3)11-17(13-26-4)22-20(19)24/h9-11,14,16,18H,5-8,12-13H2,1-4H3,(H,23,25). The van der Waals surface area contributed by atoms with Crippen LogP contribution in [-0.4, -0.2) is 41.2 Å². The molecule has 1 saturated carbocycles. The first-order valence-corrected chi connectivity index (χ1v) is 9.87. The van der Waals surface area contributed by atoms with Gasteiger partial charge in [-0.1, -0.05) is 13.8 Å². The number of carbonyl (C=O) groups excluding carboxylic acids is 1. The Morgan fingerprint density at radius 1 is 1.33 bits per heavy atom. The molecule has 1 aliphatic carbocycles. The van der Waals surface area contributed by atoms with Crippen LogP contribution >= 0.6 is 0 Å². The molecule has 0 aromatic carbocycles. The number of carbonyl (C=O) groups is 1. The summed E-state index contributed by atoms with van der Waals surface area (Å²) in [5.41, 5.74) is 3.18. The summed E-state index contributed by atoms with van der Waals surface area (Å²) in [5, 5.41) is 3.19. The molecule has 6 nitrogen and oxygen atoms in total. The average Bonchev–Trinajstić information content (AvgIpc) is 3.06. The van der Waals surface area contributed by atoms with E-state index in [-0.39, 0.29) is 11.9 Å². The van der Waals surface area contributed by atoms with Gasteiger partial charge in [0.2, 0.25) is 0 Å². The van der Waals surface area contributed by atoms with Crippen LogP contribution in [0.1, 0.15) is 61.3 Å². The zero-order valence-corrected chi connectivity index (χ0v) is 16.8. The summed E-state index contributed by atoms with van der Waals surface area (Å²) < 4.78 is 13.1. The van der Waals surface area contributed by atoms with Gasteiger partial charge in [-0.15, -0.1) is 0 Å². The van der Waals surface area contributed by atoms with Gasteiger partial charge in [-0.3, -0.25) is 4.79 Å². The monoisotopic (exact) mass is 373 g/mol. The quantitative estimate of drug-likeness (QED) is 0.807. The van der Waals surface area contributed by atoms with Gasteiger partial charge in [0, 0.05) is 31.6 Å². The van der Waals surface area contributed by atoms with E-state index in [0.717, 1.165) is 43.7 Å². The predicted octanol–water partition coefficient (Wildman–Crippen LogP) is 3.50. The third kappa shape index (κ3) is 4.87. The molecule has 0 atom stereocenters. The Labute approximate surface area is 161 Å². The number of amides is 1. The molecular formula is C21H31N3O3. The Kier molecular flexibility index (Phi) is 6.50. The summed E-state index contributed by atoms with van der Waals surface area (Å²) in [5.74, 6) is 0.509. The maximum atomic E-state index is 12.8. The van der Waals surface area contributed by atoms with Crippen LogP contribution in [0.15, 0.2) is 18.3 Å². The van der Waals surface area contributed by atoms with Crippen molar-refractivity contribution in [1.82, 2.24) is 14.7 Å². The molecule has 0 radical (unpaired) electrons. The zero-order chi connectivity index (χ0) is 19.4. The molecule has 1 aliphatic rings. The molecule has 0 saturated heterocycles. The minimum atomic E-state index is -0.0504. The lowest BCUT2D eigenvalue weighted by Gasteiger charge is -2.29. The molecule has 1 amide bonds. The Hall–Kier alpha value is -1.92. The molecule has 6 heteroatoms. The fourth-order valence-electron chi connectivity index (χ4n) is 3.67. The lowest BCUT2D eigenvalue weighted by Crippen LogP contribution is -2.39. The highest BCUT2D eigenvalue weighted by atomic mass is 16.5. The number of hydrogen-bond acceptors (Lipinski definition) is 4. The third-order valence-electron chi connectivity index (χ3n) is 5.08. The second kappa shape index (κ2) is 8.85. The van der Waals surface area contributed by atoms with Crippen molar-refractivity contribution in [3.05, 3.63) is 35.3 Å². The number of fused-ring (bicyclic) bond motifs is 1. The normalized spacial score (nSPS) is 20.3. The Morgan fingerprint density at radius 3 is 2.74 bits per heavy atom. The number of nitrogens with zero attached hydrogens (tertiary/aromatic N) is 2. The molecule has 2 heterocycles. The van der Waals surface area contributed by atoms with E-state index in [1.165, 1.54) is 0 Å². The van der Waals surface area contributed by atoms with Crippen molar-refractivity contribution in [2.24, 2.45) is 5.92 Å². The van der Waals surface area contributed by atoms with Gasteiger partial charge in [0.1, 0.15) is 5.65 Å². The van der Waals surface area contributed by atoms with Crippen molar-refractivity contribution >= 4 is 11.6 Å². The molecule has 2 aromatic heterocycles. The van der Waals surface area contributed by atoms with E-state index in [1.54, 1.807) is 7.11 Å². The summed E-state index contributed by atoms with van der Waals surface area (Å²) >= 11 is 0. The first-order chi connectivity index (χ1) is 13.0. The highest BCUT2D eigenvalue weighted by Crippen LogP contribution is 2.23. The first-order valence-electron chi connectivity index (χ1n) is 9.87.